The van der Waals surface area contributed by atoms with Gasteiger partial charge in [-0.05, 0) is 37.8 Å². The summed E-state index contributed by atoms with van der Waals surface area (Å²) < 4.78 is 6.03. The quantitative estimate of drug-likeness (QED) is 0.849. The highest BCUT2D eigenvalue weighted by Gasteiger charge is 2.30. The van der Waals surface area contributed by atoms with Gasteiger partial charge in [0.1, 0.15) is 11.9 Å². The lowest BCUT2D eigenvalue weighted by Gasteiger charge is -2.35. The molecule has 0 spiro atoms. The fourth-order valence-electron chi connectivity index (χ4n) is 3.53. The van der Waals surface area contributed by atoms with Gasteiger partial charge in [-0.25, -0.2) is 0 Å². The second-order valence-corrected chi connectivity index (χ2v) is 6.31. The Balaban J connectivity index is 1.56. The summed E-state index contributed by atoms with van der Waals surface area (Å²) in [6, 6.07) is 9.95. The van der Waals surface area contributed by atoms with Gasteiger partial charge < -0.3 is 9.64 Å². The molecule has 0 radical (unpaired) electrons. The molecule has 1 aliphatic carbocycles. The summed E-state index contributed by atoms with van der Waals surface area (Å²) in [5.74, 6) is 1.56. The van der Waals surface area contributed by atoms with E-state index in [9.17, 15) is 4.79 Å². The molecule has 2 aliphatic rings. The Labute approximate surface area is 127 Å². The Bertz CT molecular complexity index is 454. The molecule has 3 nitrogen and oxygen atoms in total. The number of hydrogen-bond acceptors (Lipinski definition) is 2. The molecule has 3 rings (SSSR count). The second kappa shape index (κ2) is 6.97. The van der Waals surface area contributed by atoms with Crippen molar-refractivity contribution in [2.45, 2.75) is 51.0 Å². The van der Waals surface area contributed by atoms with Gasteiger partial charge in [0.15, 0.2) is 0 Å². The van der Waals surface area contributed by atoms with Crippen molar-refractivity contribution in [2.24, 2.45) is 5.92 Å². The molecule has 1 aliphatic heterocycles. The van der Waals surface area contributed by atoms with E-state index >= 15 is 0 Å². The van der Waals surface area contributed by atoms with E-state index in [-0.39, 0.29) is 12.0 Å². The monoisotopic (exact) mass is 287 g/mol. The van der Waals surface area contributed by atoms with Crippen LogP contribution >= 0.6 is 0 Å². The lowest BCUT2D eigenvalue weighted by atomic mass is 9.88. The largest absolute Gasteiger partial charge is 0.489 e. The third-order valence-corrected chi connectivity index (χ3v) is 4.69. The number of nitrogens with zero attached hydrogens (tertiary/aromatic N) is 1. The van der Waals surface area contributed by atoms with E-state index in [1.165, 1.54) is 19.3 Å². The normalized spacial score (nSPS) is 23.8. The van der Waals surface area contributed by atoms with Crippen LogP contribution < -0.4 is 4.74 Å². The third kappa shape index (κ3) is 3.78. The number of hydrogen-bond donors (Lipinski definition) is 0. The number of piperidine rings is 1. The van der Waals surface area contributed by atoms with Crippen LogP contribution in [0.25, 0.3) is 0 Å². The molecular weight excluding hydrogens is 262 g/mol. The number of benzene rings is 1. The minimum atomic E-state index is 0.147. The van der Waals surface area contributed by atoms with Gasteiger partial charge >= 0.3 is 0 Å². The number of amides is 1. The third-order valence-electron chi connectivity index (χ3n) is 4.69. The van der Waals surface area contributed by atoms with E-state index in [1.807, 2.05) is 35.2 Å². The van der Waals surface area contributed by atoms with Gasteiger partial charge in [0, 0.05) is 12.5 Å². The zero-order valence-electron chi connectivity index (χ0n) is 12.7. The molecule has 1 aromatic carbocycles. The zero-order chi connectivity index (χ0) is 14.5. The maximum Gasteiger partial charge on any atom is 0.225 e. The molecule has 0 aromatic heterocycles. The Morgan fingerprint density at radius 1 is 1.00 bits per heavy atom. The fraction of sp³-hybridized carbons (Fsp3) is 0.611. The molecule has 1 atom stereocenters. The van der Waals surface area contributed by atoms with Gasteiger partial charge in [-0.2, -0.15) is 0 Å². The number of rotatable bonds is 3. The summed E-state index contributed by atoms with van der Waals surface area (Å²) >= 11 is 0. The Kier molecular flexibility index (Phi) is 4.79. The van der Waals surface area contributed by atoms with Gasteiger partial charge in [0.05, 0.1) is 6.54 Å². The van der Waals surface area contributed by atoms with Crippen LogP contribution in [0.4, 0.5) is 0 Å². The predicted octanol–water partition coefficient (Wildman–Crippen LogP) is 3.64. The zero-order valence-corrected chi connectivity index (χ0v) is 12.7. The molecule has 1 saturated carbocycles. The van der Waals surface area contributed by atoms with Crippen LogP contribution in [0.5, 0.6) is 5.75 Å². The second-order valence-electron chi connectivity index (χ2n) is 6.31. The van der Waals surface area contributed by atoms with Crippen molar-refractivity contribution in [2.75, 3.05) is 13.1 Å². The summed E-state index contributed by atoms with van der Waals surface area (Å²) in [6.45, 7) is 1.66. The molecule has 2 fully saturated rings. The molecule has 1 aromatic rings. The molecule has 21 heavy (non-hydrogen) atoms. The Morgan fingerprint density at radius 3 is 2.52 bits per heavy atom. The van der Waals surface area contributed by atoms with Crippen LogP contribution in [0.15, 0.2) is 30.3 Å². The lowest BCUT2D eigenvalue weighted by Crippen LogP contribution is -2.46. The van der Waals surface area contributed by atoms with Crippen molar-refractivity contribution in [3.63, 3.8) is 0 Å². The predicted molar refractivity (Wildman–Crippen MR) is 83.2 cm³/mol. The topological polar surface area (TPSA) is 29.5 Å². The molecule has 1 amide bonds. The minimum Gasteiger partial charge on any atom is -0.489 e. The van der Waals surface area contributed by atoms with Crippen LogP contribution in [0.1, 0.15) is 44.9 Å². The average molecular weight is 287 g/mol. The smallest absolute Gasteiger partial charge is 0.225 e. The summed E-state index contributed by atoms with van der Waals surface area (Å²) in [4.78, 5) is 14.7. The number of para-hydroxylation sites is 1. The maximum atomic E-state index is 12.6. The van der Waals surface area contributed by atoms with Crippen molar-refractivity contribution in [3.8, 4) is 5.75 Å². The first-order chi connectivity index (χ1) is 10.3. The molecule has 0 bridgehead atoms. The first kappa shape index (κ1) is 14.4. The molecule has 3 heteroatoms. The van der Waals surface area contributed by atoms with E-state index in [1.54, 1.807) is 0 Å². The van der Waals surface area contributed by atoms with Crippen molar-refractivity contribution in [1.82, 2.24) is 4.90 Å². The molecule has 114 valence electrons. The molecular formula is C18H25NO2. The highest BCUT2D eigenvalue weighted by atomic mass is 16.5. The number of ether oxygens (including phenoxy) is 1. The van der Waals surface area contributed by atoms with E-state index in [0.29, 0.717) is 5.91 Å². The van der Waals surface area contributed by atoms with Crippen molar-refractivity contribution in [3.05, 3.63) is 30.3 Å². The van der Waals surface area contributed by atoms with Crippen molar-refractivity contribution >= 4 is 5.91 Å². The molecule has 1 unspecified atom stereocenters. The highest BCUT2D eigenvalue weighted by molar-refractivity contribution is 5.79. The summed E-state index contributed by atoms with van der Waals surface area (Å²) in [5.41, 5.74) is 0. The lowest BCUT2D eigenvalue weighted by molar-refractivity contribution is -0.139. The Hall–Kier alpha value is -1.51. The van der Waals surface area contributed by atoms with Crippen LogP contribution in [0, 0.1) is 5.92 Å². The van der Waals surface area contributed by atoms with Gasteiger partial charge in [-0.3, -0.25) is 4.79 Å². The van der Waals surface area contributed by atoms with Gasteiger partial charge in [-0.15, -0.1) is 0 Å². The van der Waals surface area contributed by atoms with Crippen LogP contribution in [0.3, 0.4) is 0 Å². The molecule has 1 saturated heterocycles. The Morgan fingerprint density at radius 2 is 1.76 bits per heavy atom. The maximum absolute atomic E-state index is 12.6. The number of carbonyl (C=O) groups excluding carboxylic acids is 1. The van der Waals surface area contributed by atoms with Crippen LogP contribution in [0.2, 0.25) is 0 Å². The standard InChI is InChI=1S/C18H25NO2/c20-18(15-8-3-1-4-9-15)19-13-7-12-17(14-19)21-16-10-5-2-6-11-16/h2,5-6,10-11,15,17H,1,3-4,7-9,12-14H2. The van der Waals surface area contributed by atoms with Gasteiger partial charge in [-0.1, -0.05) is 37.5 Å². The SMILES string of the molecule is O=C(C1CCCCC1)N1CCCC(Oc2ccccc2)C1. The van der Waals surface area contributed by atoms with Crippen molar-refractivity contribution < 1.29 is 9.53 Å². The van der Waals surface area contributed by atoms with Gasteiger partial charge in [0.25, 0.3) is 0 Å². The van der Waals surface area contributed by atoms with Crippen LogP contribution in [-0.4, -0.2) is 30.0 Å². The first-order valence-corrected chi connectivity index (χ1v) is 8.33. The van der Waals surface area contributed by atoms with Gasteiger partial charge in [0.2, 0.25) is 5.91 Å². The summed E-state index contributed by atoms with van der Waals surface area (Å²) in [6.07, 6.45) is 8.14. The number of carbonyl (C=O) groups is 1. The number of likely N-dealkylation sites (tertiary alicyclic amines) is 1. The molecule has 1 heterocycles. The summed E-state index contributed by atoms with van der Waals surface area (Å²) in [7, 11) is 0. The van der Waals surface area contributed by atoms with Crippen LogP contribution in [-0.2, 0) is 4.79 Å². The van der Waals surface area contributed by atoms with Crippen molar-refractivity contribution in [1.29, 1.82) is 0 Å². The van der Waals surface area contributed by atoms with E-state index in [2.05, 4.69) is 0 Å². The summed E-state index contributed by atoms with van der Waals surface area (Å²) in [5, 5.41) is 0. The van der Waals surface area contributed by atoms with E-state index in [0.717, 1.165) is 44.5 Å². The first-order valence-electron chi connectivity index (χ1n) is 8.33. The molecule has 0 N–H and O–H groups in total. The highest BCUT2D eigenvalue weighted by Crippen LogP contribution is 2.27. The average Bonchev–Trinajstić information content (AvgIpc) is 2.56. The fourth-order valence-corrected chi connectivity index (χ4v) is 3.53. The van der Waals surface area contributed by atoms with E-state index in [4.69, 9.17) is 4.74 Å². The van der Waals surface area contributed by atoms with E-state index < -0.39 is 0 Å². The minimum absolute atomic E-state index is 0.147.